The van der Waals surface area contributed by atoms with Crippen LogP contribution in [0.3, 0.4) is 0 Å². The maximum Gasteiger partial charge on any atom is 0.271 e. The van der Waals surface area contributed by atoms with E-state index in [2.05, 4.69) is 10.3 Å². The van der Waals surface area contributed by atoms with E-state index in [1.165, 1.54) is 22.2 Å². The largest absolute Gasteiger partial charge is 0.324 e. The normalized spacial score (nSPS) is 10.5. The van der Waals surface area contributed by atoms with Crippen molar-refractivity contribution in [2.45, 2.75) is 6.54 Å². The third kappa shape index (κ3) is 3.41. The number of hydrogen-bond acceptors (Lipinski definition) is 5. The molecule has 2 heterocycles. The van der Waals surface area contributed by atoms with E-state index in [0.29, 0.717) is 21.5 Å². The summed E-state index contributed by atoms with van der Waals surface area (Å²) in [6, 6.07) is 18.4. The molecular weight excluding hydrogens is 372 g/mol. The monoisotopic (exact) mass is 386 g/mol. The third-order valence-electron chi connectivity index (χ3n) is 4.22. The lowest BCUT2D eigenvalue weighted by Crippen LogP contribution is -2.27. The van der Waals surface area contributed by atoms with Crippen molar-refractivity contribution in [3.8, 4) is 17.2 Å². The van der Waals surface area contributed by atoms with Gasteiger partial charge in [-0.15, -0.1) is 11.3 Å². The Morgan fingerprint density at radius 3 is 2.79 bits per heavy atom. The number of carbonyl (C=O) groups is 1. The van der Waals surface area contributed by atoms with E-state index in [4.69, 9.17) is 5.26 Å². The summed E-state index contributed by atoms with van der Waals surface area (Å²) < 4.78 is 1.80. The predicted molar refractivity (Wildman–Crippen MR) is 109 cm³/mol. The van der Waals surface area contributed by atoms with Gasteiger partial charge in [-0.1, -0.05) is 36.4 Å². The molecule has 1 amide bonds. The number of fused-ring (bicyclic) bond motifs is 1. The van der Waals surface area contributed by atoms with E-state index in [1.54, 1.807) is 24.3 Å². The second-order valence-electron chi connectivity index (χ2n) is 6.11. The molecule has 1 N–H and O–H groups in total. The van der Waals surface area contributed by atoms with Crippen molar-refractivity contribution in [2.24, 2.45) is 0 Å². The first-order valence-corrected chi connectivity index (χ1v) is 9.36. The summed E-state index contributed by atoms with van der Waals surface area (Å²) in [6.07, 6.45) is 1.40. The summed E-state index contributed by atoms with van der Waals surface area (Å²) in [4.78, 5) is 29.5. The molecule has 0 saturated heterocycles. The van der Waals surface area contributed by atoms with Crippen LogP contribution in [0, 0.1) is 11.3 Å². The van der Waals surface area contributed by atoms with Gasteiger partial charge < -0.3 is 5.32 Å². The highest BCUT2D eigenvalue weighted by Gasteiger charge is 2.14. The number of hydrogen-bond donors (Lipinski definition) is 1. The molecule has 0 bridgehead atoms. The number of amides is 1. The SMILES string of the molecule is N#Cc1cccc(NC(=O)Cn2cnc3c(-c4ccccc4)csc3c2=O)c1. The van der Waals surface area contributed by atoms with Crippen LogP contribution < -0.4 is 10.9 Å². The summed E-state index contributed by atoms with van der Waals surface area (Å²) in [5.74, 6) is -0.363. The van der Waals surface area contributed by atoms with Gasteiger partial charge >= 0.3 is 0 Å². The number of benzene rings is 2. The standard InChI is InChI=1S/C21H14N4O2S/c22-10-14-5-4-8-16(9-14)24-18(26)11-25-13-23-19-17(12-28-20(19)21(25)27)15-6-2-1-3-7-15/h1-9,12-13H,11H2,(H,24,26). The zero-order chi connectivity index (χ0) is 19.5. The van der Waals surface area contributed by atoms with Gasteiger partial charge in [0.1, 0.15) is 11.2 Å². The van der Waals surface area contributed by atoms with Crippen molar-refractivity contribution in [1.29, 1.82) is 5.26 Å². The van der Waals surface area contributed by atoms with E-state index >= 15 is 0 Å². The molecule has 28 heavy (non-hydrogen) atoms. The van der Waals surface area contributed by atoms with Crippen molar-refractivity contribution in [2.75, 3.05) is 5.32 Å². The lowest BCUT2D eigenvalue weighted by atomic mass is 10.1. The number of nitriles is 1. The molecule has 6 nitrogen and oxygen atoms in total. The minimum Gasteiger partial charge on any atom is -0.324 e. The molecular formula is C21H14N4O2S. The highest BCUT2D eigenvalue weighted by molar-refractivity contribution is 7.17. The van der Waals surface area contributed by atoms with Crippen molar-refractivity contribution in [1.82, 2.24) is 9.55 Å². The number of rotatable bonds is 4. The molecule has 0 saturated carbocycles. The van der Waals surface area contributed by atoms with E-state index in [9.17, 15) is 9.59 Å². The Morgan fingerprint density at radius 1 is 1.18 bits per heavy atom. The highest BCUT2D eigenvalue weighted by Crippen LogP contribution is 2.30. The fraction of sp³-hybridized carbons (Fsp3) is 0.0476. The summed E-state index contributed by atoms with van der Waals surface area (Å²) >= 11 is 1.32. The molecule has 0 aliphatic heterocycles. The quantitative estimate of drug-likeness (QED) is 0.580. The zero-order valence-electron chi connectivity index (χ0n) is 14.6. The van der Waals surface area contributed by atoms with Crippen LogP contribution in [0.5, 0.6) is 0 Å². The number of nitrogens with zero attached hydrogens (tertiary/aromatic N) is 3. The maximum absolute atomic E-state index is 12.8. The highest BCUT2D eigenvalue weighted by atomic mass is 32.1. The van der Waals surface area contributed by atoms with Gasteiger partial charge in [0, 0.05) is 16.6 Å². The molecule has 0 spiro atoms. The number of carbonyl (C=O) groups excluding carboxylic acids is 1. The minimum atomic E-state index is -0.363. The lowest BCUT2D eigenvalue weighted by Gasteiger charge is -2.07. The molecule has 2 aromatic carbocycles. The summed E-state index contributed by atoms with van der Waals surface area (Å²) in [7, 11) is 0. The van der Waals surface area contributed by atoms with Crippen LogP contribution in [0.25, 0.3) is 21.3 Å². The molecule has 0 aliphatic carbocycles. The van der Waals surface area contributed by atoms with Gasteiger partial charge in [-0.05, 0) is 23.8 Å². The summed E-state index contributed by atoms with van der Waals surface area (Å²) in [5.41, 5.74) is 3.24. The topological polar surface area (TPSA) is 87.8 Å². The van der Waals surface area contributed by atoms with Crippen LogP contribution in [0.15, 0.2) is 71.1 Å². The fourth-order valence-corrected chi connectivity index (χ4v) is 3.87. The Balaban J connectivity index is 1.60. The van der Waals surface area contributed by atoms with Gasteiger partial charge in [-0.3, -0.25) is 14.2 Å². The smallest absolute Gasteiger partial charge is 0.271 e. The van der Waals surface area contributed by atoms with E-state index in [-0.39, 0.29) is 18.0 Å². The molecule has 0 radical (unpaired) electrons. The Labute approximate surface area is 164 Å². The van der Waals surface area contributed by atoms with Crippen LogP contribution in [0.1, 0.15) is 5.56 Å². The first-order valence-electron chi connectivity index (χ1n) is 8.48. The maximum atomic E-state index is 12.8. The average molecular weight is 386 g/mol. The van der Waals surface area contributed by atoms with Crippen LogP contribution in [0.4, 0.5) is 5.69 Å². The summed E-state index contributed by atoms with van der Waals surface area (Å²) in [6.45, 7) is -0.156. The molecule has 4 rings (SSSR count). The molecule has 0 unspecified atom stereocenters. The van der Waals surface area contributed by atoms with Crippen molar-refractivity contribution >= 4 is 33.1 Å². The van der Waals surface area contributed by atoms with Gasteiger partial charge in [0.25, 0.3) is 5.56 Å². The fourth-order valence-electron chi connectivity index (χ4n) is 2.90. The van der Waals surface area contributed by atoms with Gasteiger partial charge in [0.05, 0.1) is 23.5 Å². The minimum absolute atomic E-state index is 0.156. The molecule has 0 fully saturated rings. The van der Waals surface area contributed by atoms with Crippen molar-refractivity contribution in [3.63, 3.8) is 0 Å². The Hall–Kier alpha value is -3.76. The number of thiophene rings is 1. The Morgan fingerprint density at radius 2 is 2.00 bits per heavy atom. The van der Waals surface area contributed by atoms with Crippen molar-refractivity contribution in [3.05, 3.63) is 82.2 Å². The van der Waals surface area contributed by atoms with E-state index in [0.717, 1.165) is 11.1 Å². The zero-order valence-corrected chi connectivity index (χ0v) is 15.4. The molecule has 2 aromatic heterocycles. The van der Waals surface area contributed by atoms with Gasteiger partial charge in [-0.25, -0.2) is 4.98 Å². The Bertz CT molecular complexity index is 1270. The number of anilines is 1. The molecule has 4 aromatic rings. The molecule has 136 valence electrons. The van der Waals surface area contributed by atoms with Crippen LogP contribution >= 0.6 is 11.3 Å². The second-order valence-corrected chi connectivity index (χ2v) is 6.99. The summed E-state index contributed by atoms with van der Waals surface area (Å²) in [5, 5.41) is 13.5. The van der Waals surface area contributed by atoms with Gasteiger partial charge in [0.2, 0.25) is 5.91 Å². The second kappa shape index (κ2) is 7.47. The molecule has 0 aliphatic rings. The predicted octanol–water partition coefficient (Wildman–Crippen LogP) is 3.64. The first-order chi connectivity index (χ1) is 13.7. The van der Waals surface area contributed by atoms with Gasteiger partial charge in [-0.2, -0.15) is 5.26 Å². The lowest BCUT2D eigenvalue weighted by molar-refractivity contribution is -0.116. The molecule has 7 heteroatoms. The van der Waals surface area contributed by atoms with Crippen LogP contribution in [-0.2, 0) is 11.3 Å². The van der Waals surface area contributed by atoms with Crippen LogP contribution in [0.2, 0.25) is 0 Å². The first kappa shape index (κ1) is 17.6. The van der Waals surface area contributed by atoms with Crippen molar-refractivity contribution < 1.29 is 4.79 Å². The number of nitrogens with one attached hydrogen (secondary N) is 1. The van der Waals surface area contributed by atoms with E-state index in [1.807, 2.05) is 41.8 Å². The van der Waals surface area contributed by atoms with Gasteiger partial charge in [0.15, 0.2) is 0 Å². The number of aromatic nitrogens is 2. The Kier molecular flexibility index (Phi) is 4.70. The average Bonchev–Trinajstić information content (AvgIpc) is 3.16. The third-order valence-corrected chi connectivity index (χ3v) is 5.18. The van der Waals surface area contributed by atoms with E-state index < -0.39 is 0 Å². The van der Waals surface area contributed by atoms with Crippen LogP contribution in [-0.4, -0.2) is 15.5 Å². The molecule has 0 atom stereocenters.